The average Bonchev–Trinajstić information content (AvgIpc) is 2.58. The Morgan fingerprint density at radius 2 is 1.71 bits per heavy atom. The lowest BCUT2D eigenvalue weighted by Gasteiger charge is -2.30. The highest BCUT2D eigenvalue weighted by atomic mass is 127. The minimum Gasteiger partial charge on any atom is -0.357 e. The van der Waals surface area contributed by atoms with E-state index in [2.05, 4.69) is 50.2 Å². The van der Waals surface area contributed by atoms with Gasteiger partial charge in [-0.1, -0.05) is 0 Å². The number of hydrogen-bond donors (Lipinski definition) is 2. The summed E-state index contributed by atoms with van der Waals surface area (Å²) in [6.07, 6.45) is 4.13. The van der Waals surface area contributed by atoms with Crippen molar-refractivity contribution in [3.05, 3.63) is 0 Å². The minimum atomic E-state index is -3.05. The van der Waals surface area contributed by atoms with E-state index in [1.54, 1.807) is 4.31 Å². The second-order valence-electron chi connectivity index (χ2n) is 8.03. The van der Waals surface area contributed by atoms with Gasteiger partial charge in [-0.15, -0.1) is 24.0 Å². The highest BCUT2D eigenvalue weighted by molar-refractivity contribution is 14.0. The van der Waals surface area contributed by atoms with Crippen molar-refractivity contribution in [1.82, 2.24) is 19.8 Å². The number of aliphatic imine (C=N–C) groups is 1. The molecule has 168 valence electrons. The van der Waals surface area contributed by atoms with Crippen molar-refractivity contribution in [2.24, 2.45) is 10.9 Å². The van der Waals surface area contributed by atoms with Crippen LogP contribution < -0.4 is 10.6 Å². The molecule has 7 nitrogen and oxygen atoms in total. The Bertz CT molecular complexity index is 539. The number of nitrogens with zero attached hydrogens (tertiary/aromatic N) is 3. The Hall–Kier alpha value is -0.130. The summed E-state index contributed by atoms with van der Waals surface area (Å²) in [6.45, 7) is 15.8. The number of hydrogen-bond acceptors (Lipinski definition) is 4. The molecule has 28 heavy (non-hydrogen) atoms. The molecule has 1 aliphatic heterocycles. The molecule has 9 heteroatoms. The van der Waals surface area contributed by atoms with E-state index in [0.29, 0.717) is 31.1 Å². The van der Waals surface area contributed by atoms with Gasteiger partial charge in [0.2, 0.25) is 10.0 Å². The summed E-state index contributed by atoms with van der Waals surface area (Å²) in [5, 5.41) is 6.74. The third kappa shape index (κ3) is 10.6. The molecule has 2 N–H and O–H groups in total. The minimum absolute atomic E-state index is 0. The Morgan fingerprint density at radius 1 is 1.14 bits per heavy atom. The first-order chi connectivity index (χ1) is 12.6. The van der Waals surface area contributed by atoms with Crippen LogP contribution in [0.5, 0.6) is 0 Å². The molecule has 0 atom stereocenters. The van der Waals surface area contributed by atoms with Gasteiger partial charge in [0, 0.05) is 51.4 Å². The second kappa shape index (κ2) is 14.0. The summed E-state index contributed by atoms with van der Waals surface area (Å²) in [5.41, 5.74) is 0. The fraction of sp³-hybridized carbons (Fsp3) is 0.947. The van der Waals surface area contributed by atoms with Crippen molar-refractivity contribution < 1.29 is 8.42 Å². The number of piperidine rings is 1. The monoisotopic (exact) mass is 531 g/mol. The quantitative estimate of drug-likeness (QED) is 0.196. The van der Waals surface area contributed by atoms with Crippen molar-refractivity contribution >= 4 is 40.0 Å². The fourth-order valence-electron chi connectivity index (χ4n) is 3.57. The molecule has 1 fully saturated rings. The van der Waals surface area contributed by atoms with Gasteiger partial charge in [-0.25, -0.2) is 12.7 Å². The zero-order chi connectivity index (χ0) is 20.4. The zero-order valence-electron chi connectivity index (χ0n) is 18.6. The number of sulfonamides is 1. The lowest BCUT2D eigenvalue weighted by molar-refractivity contribution is 0.173. The molecule has 1 saturated heterocycles. The first-order valence-corrected chi connectivity index (χ1v) is 12.2. The molecule has 1 rings (SSSR count). The van der Waals surface area contributed by atoms with E-state index < -0.39 is 10.0 Å². The van der Waals surface area contributed by atoms with Gasteiger partial charge in [0.15, 0.2) is 5.96 Å². The normalized spacial score (nSPS) is 17.2. The van der Waals surface area contributed by atoms with Gasteiger partial charge in [-0.2, -0.15) is 0 Å². The molecule has 0 aliphatic carbocycles. The maximum atomic E-state index is 11.6. The fourth-order valence-corrected chi connectivity index (χ4v) is 4.44. The molecular formula is C19H42IN5O2S. The molecular weight excluding hydrogens is 489 g/mol. The molecule has 1 heterocycles. The van der Waals surface area contributed by atoms with Crippen molar-refractivity contribution in [2.75, 3.05) is 45.5 Å². The third-order valence-corrected chi connectivity index (χ3v) is 6.41. The Balaban J connectivity index is 0.00000729. The van der Waals surface area contributed by atoms with Crippen molar-refractivity contribution in [3.63, 3.8) is 0 Å². The lowest BCUT2D eigenvalue weighted by atomic mass is 9.98. The van der Waals surface area contributed by atoms with E-state index >= 15 is 0 Å². The van der Waals surface area contributed by atoms with Crippen LogP contribution in [-0.4, -0.2) is 81.2 Å². The van der Waals surface area contributed by atoms with E-state index in [-0.39, 0.29) is 24.0 Å². The van der Waals surface area contributed by atoms with Crippen LogP contribution in [0.3, 0.4) is 0 Å². The van der Waals surface area contributed by atoms with E-state index in [4.69, 9.17) is 4.99 Å². The highest BCUT2D eigenvalue weighted by Crippen LogP contribution is 2.19. The smallest absolute Gasteiger partial charge is 0.211 e. The summed E-state index contributed by atoms with van der Waals surface area (Å²) in [7, 11) is -3.05. The Morgan fingerprint density at radius 3 is 2.18 bits per heavy atom. The molecule has 0 radical (unpaired) electrons. The molecule has 0 amide bonds. The van der Waals surface area contributed by atoms with Gasteiger partial charge in [0.1, 0.15) is 0 Å². The lowest BCUT2D eigenvalue weighted by Crippen LogP contribution is -2.42. The van der Waals surface area contributed by atoms with E-state index in [0.717, 1.165) is 51.4 Å². The van der Waals surface area contributed by atoms with Crippen LogP contribution in [0.25, 0.3) is 0 Å². The predicted octanol–water partition coefficient (Wildman–Crippen LogP) is 2.34. The standard InChI is InChI=1S/C19H41N5O2S.HI/c1-7-20-19(21-11-8-12-24(16(2)3)17(4)5)22-15-18-9-13-23(14-10-18)27(6,25)26;/h16-18H,7-15H2,1-6H3,(H2,20,21,22);1H. The maximum absolute atomic E-state index is 11.6. The number of nitrogens with one attached hydrogen (secondary N) is 2. The Labute approximate surface area is 190 Å². The zero-order valence-corrected chi connectivity index (χ0v) is 21.7. The molecule has 0 aromatic heterocycles. The summed E-state index contributed by atoms with van der Waals surface area (Å²) in [5.74, 6) is 1.32. The van der Waals surface area contributed by atoms with Crippen LogP contribution in [0, 0.1) is 5.92 Å². The first-order valence-electron chi connectivity index (χ1n) is 10.4. The van der Waals surface area contributed by atoms with Crippen molar-refractivity contribution in [2.45, 2.75) is 66.0 Å². The van der Waals surface area contributed by atoms with Crippen molar-refractivity contribution in [1.29, 1.82) is 0 Å². The van der Waals surface area contributed by atoms with Gasteiger partial charge in [-0.3, -0.25) is 9.89 Å². The molecule has 0 bridgehead atoms. The number of halogens is 1. The van der Waals surface area contributed by atoms with E-state index in [9.17, 15) is 8.42 Å². The largest absolute Gasteiger partial charge is 0.357 e. The second-order valence-corrected chi connectivity index (χ2v) is 10.0. The van der Waals surface area contributed by atoms with Crippen LogP contribution in [0.2, 0.25) is 0 Å². The molecule has 0 unspecified atom stereocenters. The number of rotatable bonds is 10. The average molecular weight is 532 g/mol. The summed E-state index contributed by atoms with van der Waals surface area (Å²) < 4.78 is 24.8. The van der Waals surface area contributed by atoms with E-state index in [1.807, 2.05) is 0 Å². The van der Waals surface area contributed by atoms with Crippen LogP contribution in [-0.2, 0) is 10.0 Å². The van der Waals surface area contributed by atoms with Crippen LogP contribution in [0.15, 0.2) is 4.99 Å². The molecule has 0 saturated carbocycles. The van der Waals surface area contributed by atoms with Crippen LogP contribution >= 0.6 is 24.0 Å². The topological polar surface area (TPSA) is 77.0 Å². The molecule has 0 spiro atoms. The van der Waals surface area contributed by atoms with Gasteiger partial charge >= 0.3 is 0 Å². The van der Waals surface area contributed by atoms with E-state index in [1.165, 1.54) is 6.26 Å². The highest BCUT2D eigenvalue weighted by Gasteiger charge is 2.24. The van der Waals surface area contributed by atoms with Gasteiger partial charge < -0.3 is 10.6 Å². The van der Waals surface area contributed by atoms with Crippen LogP contribution in [0.4, 0.5) is 0 Å². The van der Waals surface area contributed by atoms with Crippen molar-refractivity contribution in [3.8, 4) is 0 Å². The Kier molecular flexibility index (Phi) is 13.9. The van der Waals surface area contributed by atoms with Gasteiger partial charge in [0.05, 0.1) is 6.26 Å². The summed E-state index contributed by atoms with van der Waals surface area (Å²) in [6, 6.07) is 1.12. The molecule has 0 aromatic carbocycles. The number of guanidine groups is 1. The van der Waals surface area contributed by atoms with Gasteiger partial charge in [-0.05, 0) is 59.8 Å². The predicted molar refractivity (Wildman–Crippen MR) is 130 cm³/mol. The summed E-state index contributed by atoms with van der Waals surface area (Å²) >= 11 is 0. The van der Waals surface area contributed by atoms with Gasteiger partial charge in [0.25, 0.3) is 0 Å². The maximum Gasteiger partial charge on any atom is 0.211 e. The molecule has 1 aliphatic rings. The molecule has 0 aromatic rings. The third-order valence-electron chi connectivity index (χ3n) is 5.11. The first kappa shape index (κ1) is 27.9. The summed E-state index contributed by atoms with van der Waals surface area (Å²) in [4.78, 5) is 7.23. The van der Waals surface area contributed by atoms with Crippen LogP contribution in [0.1, 0.15) is 53.9 Å². The SMILES string of the molecule is CCNC(=NCC1CCN(S(C)(=O)=O)CC1)NCCCN(C(C)C)C(C)C.I.